The van der Waals surface area contributed by atoms with Crippen LogP contribution < -0.4 is 10.1 Å². The molecule has 1 aliphatic rings. The molecule has 8 heteroatoms. The average Bonchev–Trinajstić information content (AvgIpc) is 2.55. The largest absolute Gasteiger partial charge is 0.494 e. The van der Waals surface area contributed by atoms with Crippen molar-refractivity contribution >= 4 is 6.03 Å². The van der Waals surface area contributed by atoms with Gasteiger partial charge >= 0.3 is 12.2 Å². The molecule has 0 spiro atoms. The number of para-hydroxylation sites is 1. The SMILES string of the molecule is O=C(NCCCOc1ccccc1)N1CCC(O)(C(F)(F)F)CC1. The topological polar surface area (TPSA) is 61.8 Å². The van der Waals surface area contributed by atoms with Crippen molar-refractivity contribution in [2.45, 2.75) is 31.0 Å². The summed E-state index contributed by atoms with van der Waals surface area (Å²) in [5.41, 5.74) is -2.69. The van der Waals surface area contributed by atoms with E-state index in [1.807, 2.05) is 30.3 Å². The zero-order valence-electron chi connectivity index (χ0n) is 13.2. The van der Waals surface area contributed by atoms with E-state index in [0.29, 0.717) is 19.6 Å². The number of likely N-dealkylation sites (tertiary alicyclic amines) is 1. The Morgan fingerprint density at radius 3 is 2.46 bits per heavy atom. The van der Waals surface area contributed by atoms with E-state index in [-0.39, 0.29) is 13.1 Å². The van der Waals surface area contributed by atoms with Crippen LogP contribution in [0, 0.1) is 0 Å². The molecule has 0 bridgehead atoms. The molecule has 0 saturated carbocycles. The molecule has 0 aromatic heterocycles. The number of nitrogens with zero attached hydrogens (tertiary/aromatic N) is 1. The van der Waals surface area contributed by atoms with Crippen molar-refractivity contribution in [2.24, 2.45) is 0 Å². The highest BCUT2D eigenvalue weighted by Crippen LogP contribution is 2.38. The number of hydrogen-bond acceptors (Lipinski definition) is 3. The van der Waals surface area contributed by atoms with Crippen molar-refractivity contribution in [2.75, 3.05) is 26.2 Å². The van der Waals surface area contributed by atoms with Crippen LogP contribution in [0.5, 0.6) is 5.75 Å². The monoisotopic (exact) mass is 346 g/mol. The van der Waals surface area contributed by atoms with Gasteiger partial charge in [0.1, 0.15) is 5.75 Å². The van der Waals surface area contributed by atoms with Crippen LogP contribution in [-0.4, -0.2) is 54.1 Å². The number of carbonyl (C=O) groups is 1. The lowest BCUT2D eigenvalue weighted by atomic mass is 9.91. The minimum atomic E-state index is -4.66. The molecule has 1 heterocycles. The minimum absolute atomic E-state index is 0.123. The zero-order valence-corrected chi connectivity index (χ0v) is 13.2. The number of aliphatic hydroxyl groups is 1. The molecule has 2 N–H and O–H groups in total. The first kappa shape index (κ1) is 18.4. The smallest absolute Gasteiger partial charge is 0.417 e. The maximum absolute atomic E-state index is 12.7. The predicted molar refractivity (Wildman–Crippen MR) is 81.8 cm³/mol. The van der Waals surface area contributed by atoms with Gasteiger partial charge in [-0.2, -0.15) is 13.2 Å². The van der Waals surface area contributed by atoms with Gasteiger partial charge in [-0.25, -0.2) is 4.79 Å². The summed E-state index contributed by atoms with van der Waals surface area (Å²) in [6, 6.07) is 8.83. The lowest BCUT2D eigenvalue weighted by molar-refractivity contribution is -0.271. The van der Waals surface area contributed by atoms with Crippen LogP contribution in [-0.2, 0) is 0 Å². The molecule has 0 unspecified atom stereocenters. The molecule has 1 aromatic rings. The van der Waals surface area contributed by atoms with Gasteiger partial charge in [0.05, 0.1) is 6.61 Å². The first-order valence-corrected chi connectivity index (χ1v) is 7.81. The standard InChI is InChI=1S/C16H21F3N2O3/c17-16(18,19)15(23)7-10-21(11-8-15)14(22)20-9-4-12-24-13-5-2-1-3-6-13/h1-3,5-6,23H,4,7-12H2,(H,20,22). The molecule has 1 fully saturated rings. The molecular formula is C16H21F3N2O3. The predicted octanol–water partition coefficient (Wildman–Crippen LogP) is 2.55. The molecule has 24 heavy (non-hydrogen) atoms. The normalized spacial score (nSPS) is 17.4. The Hall–Kier alpha value is -1.96. The van der Waals surface area contributed by atoms with Crippen LogP contribution in [0.15, 0.2) is 30.3 Å². The van der Waals surface area contributed by atoms with Gasteiger partial charge in [0.2, 0.25) is 0 Å². The van der Waals surface area contributed by atoms with Crippen molar-refractivity contribution in [3.63, 3.8) is 0 Å². The Kier molecular flexibility index (Phi) is 5.93. The number of halogens is 3. The molecule has 1 aliphatic heterocycles. The fraction of sp³-hybridized carbons (Fsp3) is 0.562. The summed E-state index contributed by atoms with van der Waals surface area (Å²) in [6.45, 7) is 0.550. The van der Waals surface area contributed by atoms with Crippen molar-refractivity contribution in [1.29, 1.82) is 0 Å². The Morgan fingerprint density at radius 2 is 1.88 bits per heavy atom. The maximum Gasteiger partial charge on any atom is 0.417 e. The Balaban J connectivity index is 1.64. The Morgan fingerprint density at radius 1 is 1.25 bits per heavy atom. The van der Waals surface area contributed by atoms with Crippen molar-refractivity contribution in [3.8, 4) is 5.75 Å². The summed E-state index contributed by atoms with van der Waals surface area (Å²) >= 11 is 0. The van der Waals surface area contributed by atoms with Crippen molar-refractivity contribution < 1.29 is 27.8 Å². The quantitative estimate of drug-likeness (QED) is 0.806. The Labute approximate surface area is 138 Å². The number of hydrogen-bond donors (Lipinski definition) is 2. The summed E-state index contributed by atoms with van der Waals surface area (Å²) in [4.78, 5) is 13.2. The van der Waals surface area contributed by atoms with Crippen LogP contribution >= 0.6 is 0 Å². The summed E-state index contributed by atoms with van der Waals surface area (Å²) < 4.78 is 43.6. The molecular weight excluding hydrogens is 325 g/mol. The molecule has 5 nitrogen and oxygen atoms in total. The maximum atomic E-state index is 12.7. The van der Waals surface area contributed by atoms with Crippen LogP contribution in [0.2, 0.25) is 0 Å². The number of rotatable bonds is 5. The van der Waals surface area contributed by atoms with Crippen LogP contribution in [0.25, 0.3) is 0 Å². The highest BCUT2D eigenvalue weighted by atomic mass is 19.4. The highest BCUT2D eigenvalue weighted by Gasteiger charge is 2.54. The number of urea groups is 1. The first-order chi connectivity index (χ1) is 11.3. The van der Waals surface area contributed by atoms with Gasteiger partial charge in [-0.05, 0) is 18.6 Å². The second-order valence-electron chi connectivity index (χ2n) is 5.76. The van der Waals surface area contributed by atoms with E-state index >= 15 is 0 Å². The number of benzene rings is 1. The summed E-state index contributed by atoms with van der Waals surface area (Å²) in [6.07, 6.45) is -5.08. The summed E-state index contributed by atoms with van der Waals surface area (Å²) in [5, 5.41) is 12.2. The molecule has 2 rings (SSSR count). The van der Waals surface area contributed by atoms with Gasteiger partial charge in [-0.1, -0.05) is 18.2 Å². The second kappa shape index (κ2) is 7.74. The van der Waals surface area contributed by atoms with Gasteiger partial charge in [0, 0.05) is 32.5 Å². The highest BCUT2D eigenvalue weighted by molar-refractivity contribution is 5.74. The van der Waals surface area contributed by atoms with E-state index in [1.54, 1.807) is 0 Å². The molecule has 0 atom stereocenters. The Bertz CT molecular complexity index is 529. The van der Waals surface area contributed by atoms with Crippen LogP contribution in [0.3, 0.4) is 0 Å². The molecule has 1 aromatic carbocycles. The van der Waals surface area contributed by atoms with Gasteiger partial charge in [0.15, 0.2) is 5.60 Å². The third-order valence-corrected chi connectivity index (χ3v) is 4.01. The van der Waals surface area contributed by atoms with Crippen molar-refractivity contribution in [1.82, 2.24) is 10.2 Å². The van der Waals surface area contributed by atoms with Crippen LogP contribution in [0.1, 0.15) is 19.3 Å². The van der Waals surface area contributed by atoms with E-state index in [9.17, 15) is 23.1 Å². The third-order valence-electron chi connectivity index (χ3n) is 4.01. The number of nitrogens with one attached hydrogen (secondary N) is 1. The van der Waals surface area contributed by atoms with Gasteiger partial charge in [-0.3, -0.25) is 0 Å². The van der Waals surface area contributed by atoms with E-state index in [0.717, 1.165) is 5.75 Å². The second-order valence-corrected chi connectivity index (χ2v) is 5.76. The number of amides is 2. The molecule has 134 valence electrons. The van der Waals surface area contributed by atoms with E-state index < -0.39 is 30.7 Å². The van der Waals surface area contributed by atoms with Gasteiger partial charge in [-0.15, -0.1) is 0 Å². The van der Waals surface area contributed by atoms with Crippen molar-refractivity contribution in [3.05, 3.63) is 30.3 Å². The fourth-order valence-electron chi connectivity index (χ4n) is 2.45. The fourth-order valence-corrected chi connectivity index (χ4v) is 2.45. The zero-order chi connectivity index (χ0) is 17.6. The third kappa shape index (κ3) is 4.77. The molecule has 0 aliphatic carbocycles. The lowest BCUT2D eigenvalue weighted by Crippen LogP contribution is -2.55. The number of piperidine rings is 1. The lowest BCUT2D eigenvalue weighted by Gasteiger charge is -2.39. The average molecular weight is 346 g/mol. The minimum Gasteiger partial charge on any atom is -0.494 e. The van der Waals surface area contributed by atoms with Gasteiger partial charge < -0.3 is 20.1 Å². The van der Waals surface area contributed by atoms with E-state index in [4.69, 9.17) is 4.74 Å². The first-order valence-electron chi connectivity index (χ1n) is 7.81. The van der Waals surface area contributed by atoms with E-state index in [1.165, 1.54) is 4.90 Å². The number of ether oxygens (including phenoxy) is 1. The number of alkyl halides is 3. The number of carbonyl (C=O) groups excluding carboxylic acids is 1. The summed E-state index contributed by atoms with van der Waals surface area (Å²) in [7, 11) is 0. The molecule has 2 amide bonds. The molecule has 1 saturated heterocycles. The van der Waals surface area contributed by atoms with E-state index in [2.05, 4.69) is 5.32 Å². The van der Waals surface area contributed by atoms with Gasteiger partial charge in [0.25, 0.3) is 0 Å². The van der Waals surface area contributed by atoms with Crippen LogP contribution in [0.4, 0.5) is 18.0 Å². The molecule has 0 radical (unpaired) electrons. The summed E-state index contributed by atoms with van der Waals surface area (Å²) in [5.74, 6) is 0.742.